The molecule has 9 nitrogen and oxygen atoms in total. The first-order valence-electron chi connectivity index (χ1n) is 8.62. The molecule has 2 heterocycles. The quantitative estimate of drug-likeness (QED) is 0.690. The van der Waals surface area contributed by atoms with E-state index in [1.807, 2.05) is 0 Å². The molecular weight excluding hydrogens is 386 g/mol. The Kier molecular flexibility index (Phi) is 5.90. The second-order valence-corrected chi connectivity index (χ2v) is 8.14. The summed E-state index contributed by atoms with van der Waals surface area (Å²) in [4.78, 5) is 37.2. The first-order valence-corrected chi connectivity index (χ1v) is 10.1. The number of rotatable bonds is 6. The number of carbonyl (C=O) groups is 2. The zero-order valence-electron chi connectivity index (χ0n) is 14.9. The van der Waals surface area contributed by atoms with Crippen LogP contribution in [0.1, 0.15) is 23.2 Å². The van der Waals surface area contributed by atoms with Crippen molar-refractivity contribution in [3.8, 4) is 0 Å². The number of benzene rings is 1. The molecule has 1 amide bonds. The molecule has 0 bridgehead atoms. The highest BCUT2D eigenvalue weighted by atomic mass is 32.2. The molecule has 1 aliphatic rings. The molecular formula is C18H19N3O6S. The Labute approximate surface area is 161 Å². The Bertz CT molecular complexity index is 1000. The topological polar surface area (TPSA) is 126 Å². The molecule has 0 atom stereocenters. The molecule has 1 aromatic carbocycles. The highest BCUT2D eigenvalue weighted by Gasteiger charge is 2.26. The van der Waals surface area contributed by atoms with Crippen LogP contribution in [0, 0.1) is 0 Å². The summed E-state index contributed by atoms with van der Waals surface area (Å²) in [6.07, 6.45) is 2.90. The molecule has 0 aliphatic carbocycles. The molecule has 1 saturated heterocycles. The number of nitrogens with one attached hydrogen (secondary N) is 2. The van der Waals surface area contributed by atoms with Crippen LogP contribution >= 0.6 is 0 Å². The standard InChI is InChI=1S/C18H19N3O6S/c22-16-8-3-13(11-19-16)18(24)27-12-17(23)20-14-4-6-15(7-5-14)28(25,26)21-9-1-2-10-21/h3-8,11H,1-2,9-10,12H2,(H,19,22)(H,20,23). The van der Waals surface area contributed by atoms with Gasteiger partial charge in [0.25, 0.3) is 5.91 Å². The number of pyridine rings is 1. The Morgan fingerprint density at radius 3 is 2.36 bits per heavy atom. The number of esters is 1. The van der Waals surface area contributed by atoms with Crippen molar-refractivity contribution in [3.05, 3.63) is 58.5 Å². The zero-order chi connectivity index (χ0) is 20.1. The smallest absolute Gasteiger partial charge is 0.340 e. The SMILES string of the molecule is O=C(COC(=O)c1ccc(=O)[nH]c1)Nc1ccc(S(=O)(=O)N2CCCC2)cc1. The molecule has 28 heavy (non-hydrogen) atoms. The summed E-state index contributed by atoms with van der Waals surface area (Å²) in [7, 11) is -3.51. The first-order chi connectivity index (χ1) is 13.4. The van der Waals surface area contributed by atoms with Crippen molar-refractivity contribution < 1.29 is 22.7 Å². The number of amides is 1. The Morgan fingerprint density at radius 2 is 1.75 bits per heavy atom. The van der Waals surface area contributed by atoms with Gasteiger partial charge in [0.2, 0.25) is 15.6 Å². The fourth-order valence-corrected chi connectivity index (χ4v) is 4.25. The van der Waals surface area contributed by atoms with Gasteiger partial charge in [-0.1, -0.05) is 0 Å². The maximum absolute atomic E-state index is 12.5. The highest BCUT2D eigenvalue weighted by Crippen LogP contribution is 2.22. The average molecular weight is 405 g/mol. The predicted molar refractivity (Wildman–Crippen MR) is 100 cm³/mol. The molecule has 0 saturated carbocycles. The lowest BCUT2D eigenvalue weighted by Gasteiger charge is -2.15. The monoisotopic (exact) mass is 405 g/mol. The lowest BCUT2D eigenvalue weighted by molar-refractivity contribution is -0.119. The van der Waals surface area contributed by atoms with Gasteiger partial charge in [-0.15, -0.1) is 0 Å². The van der Waals surface area contributed by atoms with Gasteiger partial charge in [0, 0.05) is 31.0 Å². The van der Waals surface area contributed by atoms with Crippen LogP contribution in [0.3, 0.4) is 0 Å². The predicted octanol–water partition coefficient (Wildman–Crippen LogP) is 0.955. The normalized spacial score (nSPS) is 14.6. The van der Waals surface area contributed by atoms with Gasteiger partial charge < -0.3 is 15.0 Å². The minimum Gasteiger partial charge on any atom is -0.452 e. The fourth-order valence-electron chi connectivity index (χ4n) is 2.74. The van der Waals surface area contributed by atoms with E-state index in [1.165, 1.54) is 46.9 Å². The highest BCUT2D eigenvalue weighted by molar-refractivity contribution is 7.89. The molecule has 2 aromatic rings. The van der Waals surface area contributed by atoms with Crippen LogP contribution in [0.15, 0.2) is 52.3 Å². The van der Waals surface area contributed by atoms with E-state index in [2.05, 4.69) is 10.3 Å². The first kappa shape index (κ1) is 19.8. The van der Waals surface area contributed by atoms with Gasteiger partial charge in [-0.2, -0.15) is 4.31 Å². The van der Waals surface area contributed by atoms with Crippen LogP contribution < -0.4 is 10.9 Å². The summed E-state index contributed by atoms with van der Waals surface area (Å²) in [5.41, 5.74) is 0.138. The third kappa shape index (κ3) is 4.65. The third-order valence-electron chi connectivity index (χ3n) is 4.20. The summed E-state index contributed by atoms with van der Waals surface area (Å²) in [6, 6.07) is 8.27. The van der Waals surface area contributed by atoms with Crippen molar-refractivity contribution >= 4 is 27.6 Å². The number of hydrogen-bond donors (Lipinski definition) is 2. The van der Waals surface area contributed by atoms with Crippen molar-refractivity contribution in [2.75, 3.05) is 25.0 Å². The van der Waals surface area contributed by atoms with Crippen molar-refractivity contribution in [3.63, 3.8) is 0 Å². The van der Waals surface area contributed by atoms with E-state index in [-0.39, 0.29) is 16.0 Å². The largest absolute Gasteiger partial charge is 0.452 e. The number of aromatic nitrogens is 1. The molecule has 0 unspecified atom stereocenters. The Balaban J connectivity index is 1.55. The van der Waals surface area contributed by atoms with Gasteiger partial charge in [-0.3, -0.25) is 9.59 Å². The number of nitrogens with zero attached hydrogens (tertiary/aromatic N) is 1. The molecule has 0 radical (unpaired) electrons. The molecule has 1 aliphatic heterocycles. The number of hydrogen-bond acceptors (Lipinski definition) is 6. The second kappa shape index (κ2) is 8.36. The van der Waals surface area contributed by atoms with Gasteiger partial charge in [0.15, 0.2) is 6.61 Å². The Hall–Kier alpha value is -2.98. The lowest BCUT2D eigenvalue weighted by Crippen LogP contribution is -2.27. The van der Waals surface area contributed by atoms with Gasteiger partial charge >= 0.3 is 5.97 Å². The van der Waals surface area contributed by atoms with E-state index in [0.29, 0.717) is 18.8 Å². The van der Waals surface area contributed by atoms with Crippen molar-refractivity contribution in [2.24, 2.45) is 0 Å². The fraction of sp³-hybridized carbons (Fsp3) is 0.278. The van der Waals surface area contributed by atoms with E-state index in [9.17, 15) is 22.8 Å². The minimum absolute atomic E-state index is 0.115. The lowest BCUT2D eigenvalue weighted by atomic mass is 10.3. The van der Waals surface area contributed by atoms with E-state index in [1.54, 1.807) is 0 Å². The van der Waals surface area contributed by atoms with Gasteiger partial charge in [0.1, 0.15) is 0 Å². The maximum Gasteiger partial charge on any atom is 0.340 e. The van der Waals surface area contributed by atoms with Crippen molar-refractivity contribution in [1.82, 2.24) is 9.29 Å². The number of H-pyrrole nitrogens is 1. The van der Waals surface area contributed by atoms with Gasteiger partial charge in [-0.05, 0) is 43.2 Å². The van der Waals surface area contributed by atoms with Crippen LogP contribution in [-0.2, 0) is 19.6 Å². The minimum atomic E-state index is -3.51. The molecule has 2 N–H and O–H groups in total. The molecule has 10 heteroatoms. The molecule has 1 fully saturated rings. The molecule has 3 rings (SSSR count). The van der Waals surface area contributed by atoms with Crippen LogP contribution in [0.25, 0.3) is 0 Å². The number of ether oxygens (including phenoxy) is 1. The average Bonchev–Trinajstić information content (AvgIpc) is 3.23. The third-order valence-corrected chi connectivity index (χ3v) is 6.11. The zero-order valence-corrected chi connectivity index (χ0v) is 15.7. The number of sulfonamides is 1. The van der Waals surface area contributed by atoms with E-state index >= 15 is 0 Å². The molecule has 1 aromatic heterocycles. The van der Waals surface area contributed by atoms with Crippen LogP contribution in [0.2, 0.25) is 0 Å². The van der Waals surface area contributed by atoms with Crippen LogP contribution in [0.5, 0.6) is 0 Å². The summed E-state index contributed by atoms with van der Waals surface area (Å²) >= 11 is 0. The second-order valence-electron chi connectivity index (χ2n) is 6.20. The van der Waals surface area contributed by atoms with Crippen molar-refractivity contribution in [1.29, 1.82) is 0 Å². The number of aromatic amines is 1. The molecule has 148 valence electrons. The number of anilines is 1. The maximum atomic E-state index is 12.5. The van der Waals surface area contributed by atoms with E-state index in [4.69, 9.17) is 4.74 Å². The van der Waals surface area contributed by atoms with Crippen LogP contribution in [0.4, 0.5) is 5.69 Å². The summed E-state index contributed by atoms with van der Waals surface area (Å²) in [5.74, 6) is -1.33. The van der Waals surface area contributed by atoms with Crippen LogP contribution in [-0.4, -0.2) is 49.3 Å². The van der Waals surface area contributed by atoms with Crippen molar-refractivity contribution in [2.45, 2.75) is 17.7 Å². The summed E-state index contributed by atoms with van der Waals surface area (Å²) < 4.78 is 31.2. The van der Waals surface area contributed by atoms with Gasteiger partial charge in [-0.25, -0.2) is 13.2 Å². The van der Waals surface area contributed by atoms with Gasteiger partial charge in [0.05, 0.1) is 10.5 Å². The summed E-state index contributed by atoms with van der Waals surface area (Å²) in [5, 5.41) is 2.52. The molecule has 0 spiro atoms. The number of carbonyl (C=O) groups excluding carboxylic acids is 2. The van der Waals surface area contributed by atoms with E-state index in [0.717, 1.165) is 12.8 Å². The summed E-state index contributed by atoms with van der Waals surface area (Å²) in [6.45, 7) is 0.509. The van der Waals surface area contributed by atoms with E-state index < -0.39 is 28.5 Å². The Morgan fingerprint density at radius 1 is 1.07 bits per heavy atom.